The van der Waals surface area contributed by atoms with Crippen molar-refractivity contribution in [1.29, 1.82) is 0 Å². The monoisotopic (exact) mass is 215 g/mol. The van der Waals surface area contributed by atoms with Crippen LogP contribution in [0.2, 0.25) is 0 Å². The van der Waals surface area contributed by atoms with Gasteiger partial charge in [-0.1, -0.05) is 0 Å². The van der Waals surface area contributed by atoms with E-state index in [1.807, 2.05) is 0 Å². The van der Waals surface area contributed by atoms with Crippen molar-refractivity contribution in [1.82, 2.24) is 4.90 Å². The number of ether oxygens (including phenoxy) is 2. The Morgan fingerprint density at radius 3 is 2.87 bits per heavy atom. The SMILES string of the molecule is O=C1OC(CO)CCN1CC1CCCO1. The van der Waals surface area contributed by atoms with E-state index >= 15 is 0 Å². The normalized spacial score (nSPS) is 31.8. The maximum Gasteiger partial charge on any atom is 0.410 e. The van der Waals surface area contributed by atoms with Crippen LogP contribution in [-0.2, 0) is 9.47 Å². The molecule has 5 nitrogen and oxygen atoms in total. The Labute approximate surface area is 89.0 Å². The lowest BCUT2D eigenvalue weighted by Gasteiger charge is -2.32. The molecule has 86 valence electrons. The van der Waals surface area contributed by atoms with Crippen molar-refractivity contribution >= 4 is 6.09 Å². The van der Waals surface area contributed by atoms with Crippen molar-refractivity contribution in [2.45, 2.75) is 31.5 Å². The van der Waals surface area contributed by atoms with Gasteiger partial charge in [0.05, 0.1) is 19.3 Å². The Hall–Kier alpha value is -0.810. The van der Waals surface area contributed by atoms with Gasteiger partial charge in [-0.25, -0.2) is 4.79 Å². The van der Waals surface area contributed by atoms with Gasteiger partial charge >= 0.3 is 6.09 Å². The quantitative estimate of drug-likeness (QED) is 0.739. The Kier molecular flexibility index (Phi) is 3.43. The summed E-state index contributed by atoms with van der Waals surface area (Å²) in [6.45, 7) is 1.99. The third-order valence-corrected chi connectivity index (χ3v) is 2.90. The van der Waals surface area contributed by atoms with Crippen LogP contribution in [0.15, 0.2) is 0 Å². The van der Waals surface area contributed by atoms with Gasteiger partial charge in [-0.2, -0.15) is 0 Å². The molecule has 0 bridgehead atoms. The van der Waals surface area contributed by atoms with E-state index < -0.39 is 0 Å². The standard InChI is InChI=1S/C10H17NO4/c12-7-9-3-4-11(10(13)15-9)6-8-2-1-5-14-8/h8-9,12H,1-7H2. The van der Waals surface area contributed by atoms with Gasteiger partial charge in [-0.05, 0) is 12.8 Å². The molecule has 0 spiro atoms. The van der Waals surface area contributed by atoms with Crippen molar-refractivity contribution in [3.05, 3.63) is 0 Å². The van der Waals surface area contributed by atoms with E-state index in [-0.39, 0.29) is 24.9 Å². The number of hydrogen-bond donors (Lipinski definition) is 1. The van der Waals surface area contributed by atoms with Gasteiger partial charge in [0.1, 0.15) is 6.10 Å². The highest BCUT2D eigenvalue weighted by Gasteiger charge is 2.29. The lowest BCUT2D eigenvalue weighted by atomic mass is 10.2. The molecule has 15 heavy (non-hydrogen) atoms. The minimum Gasteiger partial charge on any atom is -0.444 e. The lowest BCUT2D eigenvalue weighted by Crippen LogP contribution is -2.46. The van der Waals surface area contributed by atoms with Crippen molar-refractivity contribution in [2.24, 2.45) is 0 Å². The fourth-order valence-corrected chi connectivity index (χ4v) is 2.00. The molecule has 0 aromatic rings. The molecule has 2 rings (SSSR count). The van der Waals surface area contributed by atoms with Gasteiger partial charge in [0, 0.05) is 19.6 Å². The van der Waals surface area contributed by atoms with E-state index in [1.54, 1.807) is 4.90 Å². The number of cyclic esters (lactones) is 1. The third kappa shape index (κ3) is 2.60. The Morgan fingerprint density at radius 2 is 2.27 bits per heavy atom. The molecule has 2 aliphatic rings. The zero-order valence-electron chi connectivity index (χ0n) is 8.72. The van der Waals surface area contributed by atoms with E-state index in [9.17, 15) is 4.79 Å². The van der Waals surface area contributed by atoms with E-state index in [4.69, 9.17) is 14.6 Å². The molecular weight excluding hydrogens is 198 g/mol. The van der Waals surface area contributed by atoms with Gasteiger partial charge < -0.3 is 19.5 Å². The molecule has 2 heterocycles. The fraction of sp³-hybridized carbons (Fsp3) is 0.900. The summed E-state index contributed by atoms with van der Waals surface area (Å²) < 4.78 is 10.5. The summed E-state index contributed by atoms with van der Waals surface area (Å²) in [7, 11) is 0. The molecule has 0 saturated carbocycles. The molecule has 0 aromatic carbocycles. The summed E-state index contributed by atoms with van der Waals surface area (Å²) in [5.74, 6) is 0. The van der Waals surface area contributed by atoms with Crippen LogP contribution in [0.5, 0.6) is 0 Å². The molecule has 0 radical (unpaired) electrons. The highest BCUT2D eigenvalue weighted by Crippen LogP contribution is 2.17. The Bertz CT molecular complexity index is 227. The number of nitrogens with zero attached hydrogens (tertiary/aromatic N) is 1. The van der Waals surface area contributed by atoms with Crippen LogP contribution in [0.1, 0.15) is 19.3 Å². The minimum absolute atomic E-state index is 0.0838. The molecule has 5 heteroatoms. The maximum atomic E-state index is 11.5. The zero-order valence-corrected chi connectivity index (χ0v) is 8.72. The Balaban J connectivity index is 1.80. The summed E-state index contributed by atoms with van der Waals surface area (Å²) >= 11 is 0. The average Bonchev–Trinajstić information content (AvgIpc) is 2.74. The van der Waals surface area contributed by atoms with Crippen molar-refractivity contribution in [3.8, 4) is 0 Å². The average molecular weight is 215 g/mol. The number of carbonyl (C=O) groups is 1. The van der Waals surface area contributed by atoms with Gasteiger partial charge in [-0.15, -0.1) is 0 Å². The van der Waals surface area contributed by atoms with Crippen LogP contribution >= 0.6 is 0 Å². The second-order valence-electron chi connectivity index (χ2n) is 4.06. The molecule has 2 aliphatic heterocycles. The number of rotatable bonds is 3. The van der Waals surface area contributed by atoms with Gasteiger partial charge in [-0.3, -0.25) is 0 Å². The summed E-state index contributed by atoms with van der Waals surface area (Å²) in [4.78, 5) is 13.2. The topological polar surface area (TPSA) is 59.0 Å². The first kappa shape index (κ1) is 10.7. The van der Waals surface area contributed by atoms with Crippen LogP contribution in [0, 0.1) is 0 Å². The van der Waals surface area contributed by atoms with Crippen LogP contribution in [0.3, 0.4) is 0 Å². The fourth-order valence-electron chi connectivity index (χ4n) is 2.00. The highest BCUT2D eigenvalue weighted by atomic mass is 16.6. The molecule has 0 aromatic heterocycles. The van der Waals surface area contributed by atoms with Crippen LogP contribution in [0.25, 0.3) is 0 Å². The molecule has 1 N–H and O–H groups in total. The number of aliphatic hydroxyl groups is 1. The molecule has 2 unspecified atom stereocenters. The van der Waals surface area contributed by atoms with Gasteiger partial charge in [0.15, 0.2) is 0 Å². The van der Waals surface area contributed by atoms with E-state index in [0.717, 1.165) is 19.4 Å². The van der Waals surface area contributed by atoms with E-state index in [2.05, 4.69) is 0 Å². The first-order chi connectivity index (χ1) is 7.29. The van der Waals surface area contributed by atoms with Gasteiger partial charge in [0.2, 0.25) is 0 Å². The third-order valence-electron chi connectivity index (χ3n) is 2.90. The van der Waals surface area contributed by atoms with Crippen LogP contribution < -0.4 is 0 Å². The maximum absolute atomic E-state index is 11.5. The summed E-state index contributed by atoms with van der Waals surface area (Å²) in [6.07, 6.45) is 2.33. The number of amides is 1. The second-order valence-corrected chi connectivity index (χ2v) is 4.06. The summed E-state index contributed by atoms with van der Waals surface area (Å²) in [5, 5.41) is 8.86. The van der Waals surface area contributed by atoms with E-state index in [1.165, 1.54) is 0 Å². The first-order valence-corrected chi connectivity index (χ1v) is 5.47. The van der Waals surface area contributed by atoms with Crippen molar-refractivity contribution in [3.63, 3.8) is 0 Å². The number of aliphatic hydroxyl groups excluding tert-OH is 1. The zero-order chi connectivity index (χ0) is 10.7. The lowest BCUT2D eigenvalue weighted by molar-refractivity contribution is -0.0143. The highest BCUT2D eigenvalue weighted by molar-refractivity contribution is 5.68. The largest absolute Gasteiger partial charge is 0.444 e. The predicted octanol–water partition coefficient (Wildman–Crippen LogP) is 0.369. The van der Waals surface area contributed by atoms with Crippen molar-refractivity contribution in [2.75, 3.05) is 26.3 Å². The Morgan fingerprint density at radius 1 is 1.40 bits per heavy atom. The number of carbonyl (C=O) groups excluding carboxylic acids is 1. The van der Waals surface area contributed by atoms with Gasteiger partial charge in [0.25, 0.3) is 0 Å². The predicted molar refractivity (Wildman–Crippen MR) is 52.5 cm³/mol. The molecular formula is C10H17NO4. The van der Waals surface area contributed by atoms with Crippen LogP contribution in [0.4, 0.5) is 4.79 Å². The molecule has 0 aliphatic carbocycles. The van der Waals surface area contributed by atoms with Crippen molar-refractivity contribution < 1.29 is 19.4 Å². The molecule has 2 atom stereocenters. The van der Waals surface area contributed by atoms with Crippen LogP contribution in [-0.4, -0.2) is 54.6 Å². The molecule has 2 fully saturated rings. The summed E-state index contributed by atoms with van der Waals surface area (Å²) in [6, 6.07) is 0. The second kappa shape index (κ2) is 4.81. The summed E-state index contributed by atoms with van der Waals surface area (Å²) in [5.41, 5.74) is 0. The molecule has 1 amide bonds. The molecule has 2 saturated heterocycles. The minimum atomic E-state index is -0.323. The number of hydrogen-bond acceptors (Lipinski definition) is 4. The first-order valence-electron chi connectivity index (χ1n) is 5.47. The van der Waals surface area contributed by atoms with E-state index in [0.29, 0.717) is 19.5 Å². The smallest absolute Gasteiger partial charge is 0.410 e.